The van der Waals surface area contributed by atoms with Crippen LogP contribution in [-0.2, 0) is 0 Å². The molecule has 2 rings (SSSR count). The van der Waals surface area contributed by atoms with Crippen LogP contribution in [0.25, 0.3) is 0 Å². The second-order valence-electron chi connectivity index (χ2n) is 7.40. The Morgan fingerprint density at radius 3 is 2.05 bits per heavy atom. The maximum Gasteiger partial charge on any atom is 0.0169 e. The highest BCUT2D eigenvalue weighted by Crippen LogP contribution is 2.14. The van der Waals surface area contributed by atoms with Gasteiger partial charge >= 0.3 is 0 Å². The van der Waals surface area contributed by atoms with Gasteiger partial charge in [0.1, 0.15) is 0 Å². The molecule has 0 bridgehead atoms. The first-order valence-electron chi connectivity index (χ1n) is 8.84. The summed E-state index contributed by atoms with van der Waals surface area (Å²) in [7, 11) is 0. The van der Waals surface area contributed by atoms with Crippen LogP contribution in [0.1, 0.15) is 52.9 Å². The molecule has 3 heteroatoms. The summed E-state index contributed by atoms with van der Waals surface area (Å²) in [6.45, 7) is 14.7. The lowest BCUT2D eigenvalue weighted by molar-refractivity contribution is 0.161. The fourth-order valence-electron chi connectivity index (χ4n) is 3.78. The second-order valence-corrected chi connectivity index (χ2v) is 7.40. The SMILES string of the molecule is CC(C)CN1CCC(NC(C)CN2CCCCC2)CC1. The van der Waals surface area contributed by atoms with E-state index >= 15 is 0 Å². The molecule has 0 spiro atoms. The first-order valence-corrected chi connectivity index (χ1v) is 8.84. The lowest BCUT2D eigenvalue weighted by atomic mass is 10.0. The van der Waals surface area contributed by atoms with E-state index in [1.165, 1.54) is 71.4 Å². The molecule has 2 aliphatic heterocycles. The Balaban J connectivity index is 1.61. The highest BCUT2D eigenvalue weighted by Gasteiger charge is 2.21. The summed E-state index contributed by atoms with van der Waals surface area (Å²) >= 11 is 0. The number of hydrogen-bond acceptors (Lipinski definition) is 3. The van der Waals surface area contributed by atoms with Crippen molar-refractivity contribution in [2.45, 2.75) is 65.0 Å². The third kappa shape index (κ3) is 5.71. The van der Waals surface area contributed by atoms with E-state index in [-0.39, 0.29) is 0 Å². The third-order valence-corrected chi connectivity index (χ3v) is 4.71. The standard InChI is InChI=1S/C17H35N3/c1-15(2)13-20-11-7-17(8-12-20)18-16(3)14-19-9-5-4-6-10-19/h15-18H,4-14H2,1-3H3. The molecule has 0 aromatic heterocycles. The summed E-state index contributed by atoms with van der Waals surface area (Å²) in [5.41, 5.74) is 0. The molecule has 0 aromatic rings. The van der Waals surface area contributed by atoms with Crippen molar-refractivity contribution in [3.05, 3.63) is 0 Å². The zero-order chi connectivity index (χ0) is 14.4. The van der Waals surface area contributed by atoms with Crippen LogP contribution in [0.2, 0.25) is 0 Å². The number of hydrogen-bond donors (Lipinski definition) is 1. The van der Waals surface area contributed by atoms with Crippen molar-refractivity contribution < 1.29 is 0 Å². The van der Waals surface area contributed by atoms with Crippen molar-refractivity contribution >= 4 is 0 Å². The maximum absolute atomic E-state index is 3.87. The van der Waals surface area contributed by atoms with Gasteiger partial charge in [-0.15, -0.1) is 0 Å². The Labute approximate surface area is 126 Å². The minimum Gasteiger partial charge on any atom is -0.310 e. The molecule has 0 amide bonds. The Kier molecular flexibility index (Phi) is 6.79. The van der Waals surface area contributed by atoms with Crippen molar-refractivity contribution in [3.63, 3.8) is 0 Å². The normalized spacial score (nSPS) is 25.2. The summed E-state index contributed by atoms with van der Waals surface area (Å²) in [5.74, 6) is 0.803. The summed E-state index contributed by atoms with van der Waals surface area (Å²) < 4.78 is 0. The van der Waals surface area contributed by atoms with Gasteiger partial charge in [-0.3, -0.25) is 0 Å². The van der Waals surface area contributed by atoms with Crippen molar-refractivity contribution in [1.29, 1.82) is 0 Å². The number of nitrogens with one attached hydrogen (secondary N) is 1. The first-order chi connectivity index (χ1) is 9.63. The van der Waals surface area contributed by atoms with E-state index in [4.69, 9.17) is 0 Å². The van der Waals surface area contributed by atoms with E-state index < -0.39 is 0 Å². The predicted molar refractivity (Wildman–Crippen MR) is 87.2 cm³/mol. The fourth-order valence-corrected chi connectivity index (χ4v) is 3.78. The van der Waals surface area contributed by atoms with Gasteiger partial charge in [0.05, 0.1) is 0 Å². The van der Waals surface area contributed by atoms with Crippen LogP contribution < -0.4 is 5.32 Å². The van der Waals surface area contributed by atoms with Gasteiger partial charge in [0.25, 0.3) is 0 Å². The molecule has 0 saturated carbocycles. The van der Waals surface area contributed by atoms with Gasteiger partial charge in [0.2, 0.25) is 0 Å². The Bertz CT molecular complexity index is 253. The van der Waals surface area contributed by atoms with Gasteiger partial charge in [-0.25, -0.2) is 0 Å². The summed E-state index contributed by atoms with van der Waals surface area (Å²) in [5, 5.41) is 3.87. The molecule has 0 radical (unpaired) electrons. The summed E-state index contributed by atoms with van der Waals surface area (Å²) in [6, 6.07) is 1.40. The zero-order valence-electron chi connectivity index (χ0n) is 13.9. The van der Waals surface area contributed by atoms with E-state index in [1.807, 2.05) is 0 Å². The van der Waals surface area contributed by atoms with Crippen LogP contribution in [-0.4, -0.2) is 61.2 Å². The lowest BCUT2D eigenvalue weighted by Crippen LogP contribution is -2.49. The van der Waals surface area contributed by atoms with Crippen molar-refractivity contribution in [2.24, 2.45) is 5.92 Å². The van der Waals surface area contributed by atoms with Crippen molar-refractivity contribution in [3.8, 4) is 0 Å². The molecule has 2 aliphatic rings. The molecule has 118 valence electrons. The first kappa shape index (κ1) is 16.3. The third-order valence-electron chi connectivity index (χ3n) is 4.71. The minimum absolute atomic E-state index is 0.648. The van der Waals surface area contributed by atoms with E-state index in [2.05, 4.69) is 35.9 Å². The average molecular weight is 281 g/mol. The van der Waals surface area contributed by atoms with Gasteiger partial charge in [0, 0.05) is 25.2 Å². The Hall–Kier alpha value is -0.120. The molecule has 0 aliphatic carbocycles. The molecule has 20 heavy (non-hydrogen) atoms. The smallest absolute Gasteiger partial charge is 0.0169 e. The van der Waals surface area contributed by atoms with E-state index in [0.29, 0.717) is 6.04 Å². The predicted octanol–water partition coefficient (Wildman–Crippen LogP) is 2.57. The molecule has 0 aromatic carbocycles. The van der Waals surface area contributed by atoms with Crippen LogP contribution in [0.15, 0.2) is 0 Å². The van der Waals surface area contributed by atoms with Gasteiger partial charge in [-0.2, -0.15) is 0 Å². The molecule has 2 heterocycles. The highest BCUT2D eigenvalue weighted by molar-refractivity contribution is 4.81. The van der Waals surface area contributed by atoms with E-state index in [1.54, 1.807) is 0 Å². The molecular weight excluding hydrogens is 246 g/mol. The minimum atomic E-state index is 0.648. The number of rotatable bonds is 6. The quantitative estimate of drug-likeness (QED) is 0.807. The Morgan fingerprint density at radius 2 is 1.45 bits per heavy atom. The molecule has 2 fully saturated rings. The highest BCUT2D eigenvalue weighted by atomic mass is 15.2. The molecule has 1 N–H and O–H groups in total. The molecule has 1 atom stereocenters. The number of likely N-dealkylation sites (tertiary alicyclic amines) is 2. The van der Waals surface area contributed by atoms with Crippen molar-refractivity contribution in [2.75, 3.05) is 39.3 Å². The second kappa shape index (κ2) is 8.35. The number of nitrogens with zero attached hydrogens (tertiary/aromatic N) is 2. The maximum atomic E-state index is 3.87. The van der Waals surface area contributed by atoms with Crippen molar-refractivity contribution in [1.82, 2.24) is 15.1 Å². The summed E-state index contributed by atoms with van der Waals surface area (Å²) in [6.07, 6.45) is 6.90. The zero-order valence-corrected chi connectivity index (χ0v) is 13.9. The van der Waals surface area contributed by atoms with Gasteiger partial charge in [-0.05, 0) is 64.7 Å². The van der Waals surface area contributed by atoms with Crippen LogP contribution in [0.5, 0.6) is 0 Å². The van der Waals surface area contributed by atoms with Crippen LogP contribution in [0.4, 0.5) is 0 Å². The molecule has 1 unspecified atom stereocenters. The van der Waals surface area contributed by atoms with E-state index in [9.17, 15) is 0 Å². The van der Waals surface area contributed by atoms with E-state index in [0.717, 1.165) is 12.0 Å². The number of piperidine rings is 2. The Morgan fingerprint density at radius 1 is 0.850 bits per heavy atom. The largest absolute Gasteiger partial charge is 0.310 e. The van der Waals surface area contributed by atoms with Gasteiger partial charge in [-0.1, -0.05) is 20.3 Å². The molecule has 3 nitrogen and oxygen atoms in total. The van der Waals surface area contributed by atoms with Crippen LogP contribution in [0.3, 0.4) is 0 Å². The molecular formula is C17H35N3. The van der Waals surface area contributed by atoms with Gasteiger partial charge < -0.3 is 15.1 Å². The van der Waals surface area contributed by atoms with Crippen LogP contribution in [0, 0.1) is 5.92 Å². The fraction of sp³-hybridized carbons (Fsp3) is 1.00. The molecule has 2 saturated heterocycles. The average Bonchev–Trinajstić information content (AvgIpc) is 2.41. The van der Waals surface area contributed by atoms with Crippen LogP contribution >= 0.6 is 0 Å². The summed E-state index contributed by atoms with van der Waals surface area (Å²) in [4.78, 5) is 5.28. The topological polar surface area (TPSA) is 18.5 Å². The monoisotopic (exact) mass is 281 g/mol. The van der Waals surface area contributed by atoms with Gasteiger partial charge in [0.15, 0.2) is 0 Å². The lowest BCUT2D eigenvalue weighted by Gasteiger charge is -2.36.